The summed E-state index contributed by atoms with van der Waals surface area (Å²) >= 11 is 0. The summed E-state index contributed by atoms with van der Waals surface area (Å²) in [5.41, 5.74) is 0.879. The fourth-order valence-electron chi connectivity index (χ4n) is 2.80. The third-order valence-corrected chi connectivity index (χ3v) is 4.01. The number of carbonyl (C=O) groups is 2. The van der Waals surface area contributed by atoms with Crippen LogP contribution in [0.25, 0.3) is 0 Å². The third-order valence-electron chi connectivity index (χ3n) is 4.01. The van der Waals surface area contributed by atoms with Crippen LogP contribution in [0, 0.1) is 17.0 Å². The highest BCUT2D eigenvalue weighted by molar-refractivity contribution is 5.97. The number of rotatable bonds is 5. The monoisotopic (exact) mass is 319 g/mol. The lowest BCUT2D eigenvalue weighted by molar-refractivity contribution is -0.385. The van der Waals surface area contributed by atoms with Gasteiger partial charge in [0, 0.05) is 30.3 Å². The summed E-state index contributed by atoms with van der Waals surface area (Å²) in [7, 11) is 0. The van der Waals surface area contributed by atoms with E-state index in [9.17, 15) is 19.7 Å². The Morgan fingerprint density at radius 3 is 2.83 bits per heavy atom. The molecule has 0 aromatic heterocycles. The lowest BCUT2D eigenvalue weighted by Crippen LogP contribution is -2.43. The van der Waals surface area contributed by atoms with Crippen molar-refractivity contribution in [1.82, 2.24) is 4.90 Å². The van der Waals surface area contributed by atoms with Gasteiger partial charge in [-0.2, -0.15) is 0 Å². The van der Waals surface area contributed by atoms with Gasteiger partial charge in [0.05, 0.1) is 4.92 Å². The van der Waals surface area contributed by atoms with Crippen molar-refractivity contribution in [2.45, 2.75) is 45.6 Å². The van der Waals surface area contributed by atoms with Crippen molar-refractivity contribution < 1.29 is 14.5 Å². The molecule has 2 rings (SSSR count). The highest BCUT2D eigenvalue weighted by Gasteiger charge is 2.33. The van der Waals surface area contributed by atoms with E-state index < -0.39 is 11.0 Å². The Hall–Kier alpha value is -2.44. The summed E-state index contributed by atoms with van der Waals surface area (Å²) in [6.45, 7) is 4.16. The molecular formula is C16H21N3O4. The van der Waals surface area contributed by atoms with Gasteiger partial charge in [0.1, 0.15) is 6.04 Å². The van der Waals surface area contributed by atoms with Crippen molar-refractivity contribution in [3.05, 3.63) is 33.9 Å². The molecule has 0 aliphatic carbocycles. The molecule has 0 spiro atoms. The van der Waals surface area contributed by atoms with Gasteiger partial charge in [-0.15, -0.1) is 0 Å². The number of nitro groups is 1. The molecule has 124 valence electrons. The van der Waals surface area contributed by atoms with E-state index >= 15 is 0 Å². The van der Waals surface area contributed by atoms with Gasteiger partial charge in [-0.25, -0.2) is 0 Å². The average Bonchev–Trinajstić information content (AvgIpc) is 2.99. The number of hydrogen-bond donors (Lipinski definition) is 1. The summed E-state index contributed by atoms with van der Waals surface area (Å²) in [6.07, 6.45) is 2.59. The lowest BCUT2D eigenvalue weighted by atomic mass is 10.1. The molecule has 1 heterocycles. The summed E-state index contributed by atoms with van der Waals surface area (Å²) < 4.78 is 0. The van der Waals surface area contributed by atoms with Crippen LogP contribution in [0.3, 0.4) is 0 Å². The van der Waals surface area contributed by atoms with E-state index in [0.717, 1.165) is 12.8 Å². The number of benzene rings is 1. The molecule has 1 aliphatic rings. The minimum Gasteiger partial charge on any atom is -0.331 e. The maximum Gasteiger partial charge on any atom is 0.274 e. The molecule has 23 heavy (non-hydrogen) atoms. The molecule has 0 saturated carbocycles. The number of anilines is 1. The average molecular weight is 319 g/mol. The summed E-state index contributed by atoms with van der Waals surface area (Å²) in [6, 6.07) is 4.09. The zero-order chi connectivity index (χ0) is 17.0. The maximum atomic E-state index is 12.4. The Labute approximate surface area is 134 Å². The minimum absolute atomic E-state index is 0.0139. The number of likely N-dealkylation sites (tertiary alicyclic amines) is 1. The first-order chi connectivity index (χ1) is 10.9. The Balaban J connectivity index is 2.11. The smallest absolute Gasteiger partial charge is 0.274 e. The van der Waals surface area contributed by atoms with Gasteiger partial charge in [-0.05, 0) is 32.3 Å². The molecule has 0 bridgehead atoms. The zero-order valence-electron chi connectivity index (χ0n) is 13.4. The molecule has 1 atom stereocenters. The second-order valence-electron chi connectivity index (χ2n) is 5.74. The van der Waals surface area contributed by atoms with Crippen LogP contribution in [0.5, 0.6) is 0 Å². The minimum atomic E-state index is -0.491. The maximum absolute atomic E-state index is 12.4. The van der Waals surface area contributed by atoms with Gasteiger partial charge in [0.2, 0.25) is 11.8 Å². The number of nitro benzene ring substituents is 1. The van der Waals surface area contributed by atoms with E-state index in [1.807, 2.05) is 6.92 Å². The third kappa shape index (κ3) is 3.85. The molecule has 2 amide bonds. The van der Waals surface area contributed by atoms with Gasteiger partial charge < -0.3 is 10.2 Å². The van der Waals surface area contributed by atoms with Crippen LogP contribution in [-0.2, 0) is 9.59 Å². The first-order valence-corrected chi connectivity index (χ1v) is 7.79. The Morgan fingerprint density at radius 1 is 1.43 bits per heavy atom. The van der Waals surface area contributed by atoms with Crippen LogP contribution in [0.2, 0.25) is 0 Å². The Morgan fingerprint density at radius 2 is 2.17 bits per heavy atom. The summed E-state index contributed by atoms with van der Waals surface area (Å²) in [4.78, 5) is 36.6. The molecule has 1 unspecified atom stereocenters. The largest absolute Gasteiger partial charge is 0.331 e. The van der Waals surface area contributed by atoms with Crippen LogP contribution in [-0.4, -0.2) is 34.2 Å². The summed E-state index contributed by atoms with van der Waals surface area (Å²) in [5, 5.41) is 13.7. The van der Waals surface area contributed by atoms with E-state index in [1.54, 1.807) is 24.0 Å². The highest BCUT2D eigenvalue weighted by Crippen LogP contribution is 2.24. The van der Waals surface area contributed by atoms with Gasteiger partial charge in [-0.1, -0.05) is 13.0 Å². The topological polar surface area (TPSA) is 92.6 Å². The quantitative estimate of drug-likeness (QED) is 0.667. The zero-order valence-corrected chi connectivity index (χ0v) is 13.4. The molecule has 1 aromatic carbocycles. The molecule has 7 heteroatoms. The molecule has 0 radical (unpaired) electrons. The first kappa shape index (κ1) is 16.9. The van der Waals surface area contributed by atoms with E-state index in [-0.39, 0.29) is 17.5 Å². The Kier molecular flexibility index (Phi) is 5.31. The normalized spacial score (nSPS) is 17.1. The standard InChI is InChI=1S/C16H21N3O4/c1-3-5-15(20)18-9-4-6-13(18)16(21)17-12-8-7-11(2)14(10-12)19(22)23/h7-8,10,13H,3-6,9H2,1-2H3,(H,17,21). The van der Waals surface area contributed by atoms with E-state index in [2.05, 4.69) is 5.32 Å². The van der Waals surface area contributed by atoms with Crippen molar-refractivity contribution in [3.63, 3.8) is 0 Å². The van der Waals surface area contributed by atoms with Crippen molar-refractivity contribution in [2.75, 3.05) is 11.9 Å². The number of hydrogen-bond acceptors (Lipinski definition) is 4. The van der Waals surface area contributed by atoms with Crippen LogP contribution in [0.1, 0.15) is 38.2 Å². The van der Waals surface area contributed by atoms with Gasteiger partial charge in [0.25, 0.3) is 5.69 Å². The Bertz CT molecular complexity index is 630. The van der Waals surface area contributed by atoms with E-state index in [1.165, 1.54) is 6.07 Å². The molecule has 1 N–H and O–H groups in total. The number of carbonyl (C=O) groups excluding carboxylic acids is 2. The van der Waals surface area contributed by atoms with Crippen molar-refractivity contribution in [1.29, 1.82) is 0 Å². The molecule has 1 saturated heterocycles. The first-order valence-electron chi connectivity index (χ1n) is 7.79. The van der Waals surface area contributed by atoms with Crippen LogP contribution in [0.4, 0.5) is 11.4 Å². The summed E-state index contributed by atoms with van der Waals surface area (Å²) in [5.74, 6) is -0.301. The SMILES string of the molecule is CCCC(=O)N1CCCC1C(=O)Nc1ccc(C)c([N+](=O)[O-])c1. The number of nitrogens with zero attached hydrogens (tertiary/aromatic N) is 2. The fraction of sp³-hybridized carbons (Fsp3) is 0.500. The predicted octanol–water partition coefficient (Wildman–Crippen LogP) is 2.63. The molecular weight excluding hydrogens is 298 g/mol. The fourth-order valence-corrected chi connectivity index (χ4v) is 2.80. The van der Waals surface area contributed by atoms with Gasteiger partial charge in [0.15, 0.2) is 0 Å². The number of amides is 2. The predicted molar refractivity (Wildman–Crippen MR) is 86.1 cm³/mol. The van der Waals surface area contributed by atoms with Crippen molar-refractivity contribution in [3.8, 4) is 0 Å². The number of nitrogens with one attached hydrogen (secondary N) is 1. The van der Waals surface area contributed by atoms with Crippen molar-refractivity contribution in [2.24, 2.45) is 0 Å². The second kappa shape index (κ2) is 7.21. The van der Waals surface area contributed by atoms with Gasteiger partial charge in [-0.3, -0.25) is 19.7 Å². The highest BCUT2D eigenvalue weighted by atomic mass is 16.6. The van der Waals surface area contributed by atoms with Crippen LogP contribution >= 0.6 is 0 Å². The molecule has 1 fully saturated rings. The van der Waals surface area contributed by atoms with Crippen LogP contribution in [0.15, 0.2) is 18.2 Å². The second-order valence-corrected chi connectivity index (χ2v) is 5.74. The van der Waals surface area contributed by atoms with Crippen LogP contribution < -0.4 is 5.32 Å². The van der Waals surface area contributed by atoms with Gasteiger partial charge >= 0.3 is 0 Å². The molecule has 1 aromatic rings. The van der Waals surface area contributed by atoms with E-state index in [4.69, 9.17) is 0 Å². The van der Waals surface area contributed by atoms with Crippen molar-refractivity contribution >= 4 is 23.2 Å². The lowest BCUT2D eigenvalue weighted by Gasteiger charge is -2.23. The molecule has 7 nitrogen and oxygen atoms in total. The number of aryl methyl sites for hydroxylation is 1. The van der Waals surface area contributed by atoms with E-state index in [0.29, 0.717) is 30.6 Å². The molecule has 1 aliphatic heterocycles.